The molecule has 0 amide bonds. The molecule has 2 unspecified atom stereocenters. The van der Waals surface area contributed by atoms with Gasteiger partial charge in [-0.3, -0.25) is 0 Å². The van der Waals surface area contributed by atoms with Crippen molar-refractivity contribution >= 4 is 11.6 Å². The van der Waals surface area contributed by atoms with Gasteiger partial charge in [0.05, 0.1) is 0 Å². The normalized spacial score (nSPS) is 14.0. The lowest BCUT2D eigenvalue weighted by atomic mass is 10.0. The van der Waals surface area contributed by atoms with E-state index in [9.17, 15) is 8.78 Å². The van der Waals surface area contributed by atoms with Gasteiger partial charge in [0.1, 0.15) is 0 Å². The number of rotatable bonds is 5. The Labute approximate surface area is 128 Å². The molecule has 0 aliphatic heterocycles. The van der Waals surface area contributed by atoms with Crippen LogP contribution in [0.3, 0.4) is 0 Å². The van der Waals surface area contributed by atoms with Crippen LogP contribution < -0.4 is 5.32 Å². The second-order valence-electron chi connectivity index (χ2n) is 5.30. The maximum Gasteiger partial charge on any atom is 0.159 e. The van der Waals surface area contributed by atoms with Crippen LogP contribution in [0.5, 0.6) is 0 Å². The van der Waals surface area contributed by atoms with Gasteiger partial charge in [-0.15, -0.1) is 0 Å². The smallest absolute Gasteiger partial charge is 0.159 e. The average Bonchev–Trinajstić information content (AvgIpc) is 2.41. The first-order valence-corrected chi connectivity index (χ1v) is 7.29. The first kappa shape index (κ1) is 15.9. The zero-order valence-corrected chi connectivity index (χ0v) is 12.8. The van der Waals surface area contributed by atoms with E-state index < -0.39 is 11.6 Å². The monoisotopic (exact) mass is 309 g/mol. The van der Waals surface area contributed by atoms with Gasteiger partial charge in [0.2, 0.25) is 0 Å². The zero-order chi connectivity index (χ0) is 15.4. The molecule has 2 atom stereocenters. The third-order valence-corrected chi connectivity index (χ3v) is 3.64. The number of nitrogens with one attached hydrogen (secondary N) is 1. The molecule has 2 aromatic rings. The van der Waals surface area contributed by atoms with Crippen molar-refractivity contribution in [2.45, 2.75) is 32.4 Å². The van der Waals surface area contributed by atoms with E-state index in [0.29, 0.717) is 5.02 Å². The molecule has 0 spiro atoms. The van der Waals surface area contributed by atoms with Crippen molar-refractivity contribution < 1.29 is 8.78 Å². The van der Waals surface area contributed by atoms with Gasteiger partial charge >= 0.3 is 0 Å². The van der Waals surface area contributed by atoms with Crippen LogP contribution in [0.15, 0.2) is 42.5 Å². The molecule has 2 aromatic carbocycles. The Morgan fingerprint density at radius 1 is 1.05 bits per heavy atom. The molecule has 112 valence electrons. The molecule has 0 radical (unpaired) electrons. The Hall–Kier alpha value is -1.45. The molecule has 2 rings (SSSR count). The van der Waals surface area contributed by atoms with Gasteiger partial charge in [0.15, 0.2) is 11.6 Å². The van der Waals surface area contributed by atoms with Gasteiger partial charge in [0.25, 0.3) is 0 Å². The highest BCUT2D eigenvalue weighted by Gasteiger charge is 2.12. The summed E-state index contributed by atoms with van der Waals surface area (Å²) >= 11 is 5.96. The minimum atomic E-state index is -0.821. The Morgan fingerprint density at radius 3 is 2.48 bits per heavy atom. The lowest BCUT2D eigenvalue weighted by molar-refractivity contribution is 0.468. The average molecular weight is 310 g/mol. The molecule has 4 heteroatoms. The molecule has 0 bridgehead atoms. The fourth-order valence-corrected chi connectivity index (χ4v) is 2.59. The molecule has 0 aliphatic carbocycles. The van der Waals surface area contributed by atoms with E-state index in [1.807, 2.05) is 31.2 Å². The Kier molecular flexibility index (Phi) is 5.32. The van der Waals surface area contributed by atoms with Crippen molar-refractivity contribution in [3.8, 4) is 0 Å². The van der Waals surface area contributed by atoms with E-state index in [0.717, 1.165) is 23.6 Å². The van der Waals surface area contributed by atoms with Crippen LogP contribution >= 0.6 is 11.6 Å². The number of halogens is 3. The standard InChI is InChI=1S/C17H18ClF2N/c1-11(8-13-4-3-5-15(18)9-13)21-12(2)14-6-7-16(19)17(20)10-14/h3-7,9-12,21H,8H2,1-2H3. The third kappa shape index (κ3) is 4.51. The maximum absolute atomic E-state index is 13.3. The van der Waals surface area contributed by atoms with Crippen molar-refractivity contribution in [1.82, 2.24) is 5.32 Å². The first-order chi connectivity index (χ1) is 9.95. The summed E-state index contributed by atoms with van der Waals surface area (Å²) in [5.41, 5.74) is 1.87. The molecule has 0 saturated carbocycles. The third-order valence-electron chi connectivity index (χ3n) is 3.41. The zero-order valence-electron chi connectivity index (χ0n) is 12.0. The van der Waals surface area contributed by atoms with E-state index in [2.05, 4.69) is 12.2 Å². The molecule has 0 aliphatic rings. The number of benzene rings is 2. The minimum Gasteiger partial charge on any atom is -0.307 e. The summed E-state index contributed by atoms with van der Waals surface area (Å²) in [4.78, 5) is 0. The molecule has 1 N–H and O–H groups in total. The van der Waals surface area contributed by atoms with Crippen LogP contribution in [-0.4, -0.2) is 6.04 Å². The van der Waals surface area contributed by atoms with E-state index in [-0.39, 0.29) is 12.1 Å². The molecule has 0 fully saturated rings. The highest BCUT2D eigenvalue weighted by molar-refractivity contribution is 6.30. The van der Waals surface area contributed by atoms with Crippen LogP contribution in [0.25, 0.3) is 0 Å². The number of hydrogen-bond acceptors (Lipinski definition) is 1. The van der Waals surface area contributed by atoms with Crippen LogP contribution in [0.4, 0.5) is 8.78 Å². The van der Waals surface area contributed by atoms with E-state index in [1.54, 1.807) is 6.07 Å². The lowest BCUT2D eigenvalue weighted by Crippen LogP contribution is -2.30. The minimum absolute atomic E-state index is 0.0608. The molecular formula is C17H18ClF2N. The molecule has 0 heterocycles. The van der Waals surface area contributed by atoms with Gasteiger partial charge in [-0.1, -0.05) is 29.8 Å². The maximum atomic E-state index is 13.3. The van der Waals surface area contributed by atoms with Crippen LogP contribution in [0.1, 0.15) is 31.0 Å². The SMILES string of the molecule is CC(Cc1cccc(Cl)c1)NC(C)c1ccc(F)c(F)c1. The predicted molar refractivity (Wildman–Crippen MR) is 82.5 cm³/mol. The highest BCUT2D eigenvalue weighted by Crippen LogP contribution is 2.18. The summed E-state index contributed by atoms with van der Waals surface area (Å²) in [6.07, 6.45) is 0.814. The van der Waals surface area contributed by atoms with Crippen LogP contribution in [0, 0.1) is 11.6 Å². The molecule has 0 saturated heterocycles. The molecule has 21 heavy (non-hydrogen) atoms. The predicted octanol–water partition coefficient (Wildman–Crippen LogP) is 4.90. The Bertz CT molecular complexity index is 615. The van der Waals surface area contributed by atoms with Gasteiger partial charge in [-0.05, 0) is 55.7 Å². The Morgan fingerprint density at radius 2 is 1.81 bits per heavy atom. The summed E-state index contributed by atoms with van der Waals surface area (Å²) in [5.74, 6) is -1.64. The van der Waals surface area contributed by atoms with Crippen molar-refractivity contribution in [3.63, 3.8) is 0 Å². The van der Waals surface area contributed by atoms with Gasteiger partial charge in [-0.2, -0.15) is 0 Å². The number of hydrogen-bond donors (Lipinski definition) is 1. The van der Waals surface area contributed by atoms with Crippen molar-refractivity contribution in [2.75, 3.05) is 0 Å². The summed E-state index contributed by atoms with van der Waals surface area (Å²) in [5, 5.41) is 4.09. The molecule has 0 aromatic heterocycles. The van der Waals surface area contributed by atoms with Crippen LogP contribution in [0.2, 0.25) is 5.02 Å². The first-order valence-electron chi connectivity index (χ1n) is 6.91. The van der Waals surface area contributed by atoms with Crippen LogP contribution in [-0.2, 0) is 6.42 Å². The summed E-state index contributed by atoms with van der Waals surface area (Å²) < 4.78 is 26.2. The van der Waals surface area contributed by atoms with E-state index >= 15 is 0 Å². The highest BCUT2D eigenvalue weighted by atomic mass is 35.5. The van der Waals surface area contributed by atoms with Crippen molar-refractivity contribution in [3.05, 3.63) is 70.2 Å². The fourth-order valence-electron chi connectivity index (χ4n) is 2.38. The van der Waals surface area contributed by atoms with Gasteiger partial charge in [-0.25, -0.2) is 8.78 Å². The second kappa shape index (κ2) is 7.01. The molecular weight excluding hydrogens is 292 g/mol. The summed E-state index contributed by atoms with van der Waals surface area (Å²) in [6.45, 7) is 3.98. The van der Waals surface area contributed by atoms with Crippen molar-refractivity contribution in [1.29, 1.82) is 0 Å². The van der Waals surface area contributed by atoms with Gasteiger partial charge in [0, 0.05) is 17.1 Å². The van der Waals surface area contributed by atoms with E-state index in [1.165, 1.54) is 6.07 Å². The summed E-state index contributed by atoms with van der Waals surface area (Å²) in [7, 11) is 0. The quantitative estimate of drug-likeness (QED) is 0.828. The van der Waals surface area contributed by atoms with Crippen molar-refractivity contribution in [2.24, 2.45) is 0 Å². The topological polar surface area (TPSA) is 12.0 Å². The Balaban J connectivity index is 1.98. The lowest BCUT2D eigenvalue weighted by Gasteiger charge is -2.20. The van der Waals surface area contributed by atoms with E-state index in [4.69, 9.17) is 11.6 Å². The summed E-state index contributed by atoms with van der Waals surface area (Å²) in [6, 6.07) is 11.8. The van der Waals surface area contributed by atoms with Gasteiger partial charge < -0.3 is 5.32 Å². The fraction of sp³-hybridized carbons (Fsp3) is 0.294. The molecule has 1 nitrogen and oxygen atoms in total. The second-order valence-corrected chi connectivity index (χ2v) is 5.73. The largest absolute Gasteiger partial charge is 0.307 e.